The Kier molecular flexibility index (Phi) is 4.51. The molecule has 3 saturated carbocycles. The molecule has 4 aliphatic rings. The van der Waals surface area contributed by atoms with E-state index in [9.17, 15) is 0 Å². The lowest BCUT2D eigenvalue weighted by atomic mass is 9.54. The molecule has 4 aliphatic carbocycles. The predicted octanol–water partition coefficient (Wildman–Crippen LogP) is 7.89. The molecule has 0 N–H and O–H groups in total. The van der Waals surface area contributed by atoms with Crippen molar-refractivity contribution < 1.29 is 0 Å². The van der Waals surface area contributed by atoms with E-state index in [2.05, 4.69) is 36.4 Å². The largest absolute Gasteiger partial charge is 0.0616 e. The van der Waals surface area contributed by atoms with E-state index >= 15 is 0 Å². The van der Waals surface area contributed by atoms with Crippen molar-refractivity contribution in [3.8, 4) is 0 Å². The van der Waals surface area contributed by atoms with E-state index in [1.54, 1.807) is 43.2 Å². The van der Waals surface area contributed by atoms with Crippen LogP contribution in [-0.2, 0) is 6.42 Å². The fourth-order valence-corrected chi connectivity index (χ4v) is 8.18. The number of rotatable bonds is 1. The Morgan fingerprint density at radius 3 is 2.21 bits per heavy atom. The molecular weight excluding hydrogens is 336 g/mol. The molecule has 6 atom stereocenters. The van der Waals surface area contributed by atoms with Gasteiger partial charge in [0.1, 0.15) is 0 Å². The highest BCUT2D eigenvalue weighted by Crippen LogP contribution is 2.56. The van der Waals surface area contributed by atoms with Gasteiger partial charge in [-0.1, -0.05) is 74.9 Å². The molecule has 3 fully saturated rings. The molecule has 0 aliphatic heterocycles. The van der Waals surface area contributed by atoms with Crippen LogP contribution in [-0.4, -0.2) is 0 Å². The second kappa shape index (κ2) is 7.19. The Morgan fingerprint density at radius 1 is 0.607 bits per heavy atom. The van der Waals surface area contributed by atoms with E-state index in [-0.39, 0.29) is 0 Å². The first-order chi connectivity index (χ1) is 13.9. The van der Waals surface area contributed by atoms with Gasteiger partial charge in [-0.25, -0.2) is 0 Å². The lowest BCUT2D eigenvalue weighted by Gasteiger charge is -2.51. The van der Waals surface area contributed by atoms with Crippen LogP contribution < -0.4 is 0 Å². The maximum absolute atomic E-state index is 2.60. The summed E-state index contributed by atoms with van der Waals surface area (Å²) in [5.41, 5.74) is 3.43. The molecule has 0 aromatic heterocycles. The summed E-state index contributed by atoms with van der Waals surface area (Å²) in [5.74, 6) is 6.09. The molecule has 0 spiro atoms. The lowest BCUT2D eigenvalue weighted by Crippen LogP contribution is -2.41. The van der Waals surface area contributed by atoms with Crippen molar-refractivity contribution in [2.24, 2.45) is 29.6 Å². The average Bonchev–Trinajstić information content (AvgIpc) is 2.75. The van der Waals surface area contributed by atoms with Crippen LogP contribution in [0, 0.1) is 29.6 Å². The third kappa shape index (κ3) is 2.94. The summed E-state index contributed by atoms with van der Waals surface area (Å²) in [5, 5.41) is 2.92. The summed E-state index contributed by atoms with van der Waals surface area (Å²) in [6.07, 6.45) is 18.0. The second-order valence-electron chi connectivity index (χ2n) is 10.7. The number of benzene rings is 2. The van der Waals surface area contributed by atoms with Crippen molar-refractivity contribution in [1.29, 1.82) is 0 Å². The minimum atomic E-state index is 0.848. The first-order valence-corrected chi connectivity index (χ1v) is 12.4. The van der Waals surface area contributed by atoms with Crippen molar-refractivity contribution in [3.63, 3.8) is 0 Å². The highest BCUT2D eigenvalue weighted by Gasteiger charge is 2.45. The summed E-state index contributed by atoms with van der Waals surface area (Å²) in [6.45, 7) is 0. The van der Waals surface area contributed by atoms with Crippen molar-refractivity contribution in [3.05, 3.63) is 47.5 Å². The zero-order valence-electron chi connectivity index (χ0n) is 17.4. The van der Waals surface area contributed by atoms with E-state index in [0.29, 0.717) is 0 Å². The zero-order valence-corrected chi connectivity index (χ0v) is 17.4. The van der Waals surface area contributed by atoms with Gasteiger partial charge in [0.05, 0.1) is 0 Å². The van der Waals surface area contributed by atoms with Gasteiger partial charge in [0, 0.05) is 0 Å². The van der Waals surface area contributed by atoms with Crippen LogP contribution in [0.5, 0.6) is 0 Å². The van der Waals surface area contributed by atoms with Crippen LogP contribution >= 0.6 is 0 Å². The van der Waals surface area contributed by atoms with Gasteiger partial charge in [0.15, 0.2) is 0 Å². The standard InChI is InChI=1S/C28H36/c1-3-9-21-17-27-23(15-19(21)7-1)11-5-13-25(27)26-14-6-12-24-16-20-8-2-4-10-22(20)18-28(24)26/h1,3,7,9,15,17,20,22,24-26,28H,2,4-6,8,10-14,16,18H2. The molecular formula is C28H36. The molecule has 148 valence electrons. The Hall–Kier alpha value is -1.30. The number of aryl methyl sites for hydroxylation is 1. The summed E-state index contributed by atoms with van der Waals surface area (Å²) < 4.78 is 0. The number of hydrogen-bond acceptors (Lipinski definition) is 0. The van der Waals surface area contributed by atoms with Gasteiger partial charge in [-0.05, 0) is 95.9 Å². The van der Waals surface area contributed by atoms with Gasteiger partial charge in [-0.3, -0.25) is 0 Å². The Bertz CT molecular complexity index is 848. The smallest absolute Gasteiger partial charge is 0.0128 e. The van der Waals surface area contributed by atoms with Crippen LogP contribution in [0.15, 0.2) is 36.4 Å². The van der Waals surface area contributed by atoms with E-state index < -0.39 is 0 Å². The first-order valence-electron chi connectivity index (χ1n) is 12.4. The normalized spacial score (nSPS) is 37.7. The Labute approximate surface area is 171 Å². The van der Waals surface area contributed by atoms with Gasteiger partial charge in [-0.2, -0.15) is 0 Å². The molecule has 0 bridgehead atoms. The van der Waals surface area contributed by atoms with E-state index in [0.717, 1.165) is 35.5 Å². The molecule has 0 saturated heterocycles. The molecule has 0 nitrogen and oxygen atoms in total. The van der Waals surface area contributed by atoms with Crippen molar-refractivity contribution in [2.75, 3.05) is 0 Å². The van der Waals surface area contributed by atoms with Gasteiger partial charge in [0.2, 0.25) is 0 Å². The van der Waals surface area contributed by atoms with Crippen molar-refractivity contribution in [2.45, 2.75) is 83.0 Å². The monoisotopic (exact) mass is 372 g/mol. The van der Waals surface area contributed by atoms with Crippen LogP contribution in [0.3, 0.4) is 0 Å². The van der Waals surface area contributed by atoms with Gasteiger partial charge < -0.3 is 0 Å². The Morgan fingerprint density at radius 2 is 1.36 bits per heavy atom. The fraction of sp³-hybridized carbons (Fsp3) is 0.643. The van der Waals surface area contributed by atoms with Crippen LogP contribution in [0.4, 0.5) is 0 Å². The molecule has 6 rings (SSSR count). The molecule has 0 radical (unpaired) electrons. The maximum atomic E-state index is 2.60. The van der Waals surface area contributed by atoms with Gasteiger partial charge >= 0.3 is 0 Å². The number of fused-ring (bicyclic) bond motifs is 4. The molecule has 6 unspecified atom stereocenters. The maximum Gasteiger partial charge on any atom is -0.0128 e. The predicted molar refractivity (Wildman–Crippen MR) is 119 cm³/mol. The van der Waals surface area contributed by atoms with E-state index in [1.807, 2.05) is 0 Å². The first kappa shape index (κ1) is 17.5. The molecule has 28 heavy (non-hydrogen) atoms. The van der Waals surface area contributed by atoms with Crippen molar-refractivity contribution >= 4 is 10.8 Å². The van der Waals surface area contributed by atoms with Gasteiger partial charge in [0.25, 0.3) is 0 Å². The highest BCUT2D eigenvalue weighted by molar-refractivity contribution is 5.84. The quantitative estimate of drug-likeness (QED) is 0.477. The molecule has 2 aromatic carbocycles. The average molecular weight is 373 g/mol. The fourth-order valence-electron chi connectivity index (χ4n) is 8.18. The van der Waals surface area contributed by atoms with Crippen LogP contribution in [0.2, 0.25) is 0 Å². The minimum absolute atomic E-state index is 0.848. The molecule has 0 heterocycles. The summed E-state index contributed by atoms with van der Waals surface area (Å²) in [6, 6.07) is 14.2. The topological polar surface area (TPSA) is 0 Å². The summed E-state index contributed by atoms with van der Waals surface area (Å²) >= 11 is 0. The Balaban J connectivity index is 1.34. The lowest BCUT2D eigenvalue weighted by molar-refractivity contribution is 0.00648. The third-order valence-electron chi connectivity index (χ3n) is 9.40. The van der Waals surface area contributed by atoms with Gasteiger partial charge in [-0.15, -0.1) is 0 Å². The minimum Gasteiger partial charge on any atom is -0.0616 e. The van der Waals surface area contributed by atoms with Crippen LogP contribution in [0.1, 0.15) is 87.7 Å². The third-order valence-corrected chi connectivity index (χ3v) is 9.40. The SMILES string of the molecule is c1ccc2cc3c(cc2c1)CCCC3C1CCCC2CC3CCCCC3CC21. The van der Waals surface area contributed by atoms with E-state index in [4.69, 9.17) is 0 Å². The molecule has 0 heteroatoms. The number of hydrogen-bond donors (Lipinski definition) is 0. The van der Waals surface area contributed by atoms with Crippen LogP contribution in [0.25, 0.3) is 10.8 Å². The highest BCUT2D eigenvalue weighted by atomic mass is 14.5. The summed E-state index contributed by atoms with van der Waals surface area (Å²) in [7, 11) is 0. The summed E-state index contributed by atoms with van der Waals surface area (Å²) in [4.78, 5) is 0. The molecule has 0 amide bonds. The second-order valence-corrected chi connectivity index (χ2v) is 10.7. The molecule has 2 aromatic rings. The van der Waals surface area contributed by atoms with Crippen molar-refractivity contribution in [1.82, 2.24) is 0 Å². The zero-order chi connectivity index (χ0) is 18.5. The van der Waals surface area contributed by atoms with E-state index in [1.165, 1.54) is 55.7 Å².